The third-order valence-corrected chi connectivity index (χ3v) is 4.63. The highest BCUT2D eigenvalue weighted by molar-refractivity contribution is 5.95. The lowest BCUT2D eigenvalue weighted by Crippen LogP contribution is -2.31. The van der Waals surface area contributed by atoms with E-state index in [1.807, 2.05) is 12.1 Å². The second-order valence-electron chi connectivity index (χ2n) is 6.79. The molecule has 0 aliphatic heterocycles. The van der Waals surface area contributed by atoms with E-state index in [1.165, 1.54) is 24.3 Å². The molecule has 0 saturated heterocycles. The Morgan fingerprint density at radius 3 is 2.64 bits per heavy atom. The Bertz CT molecular complexity index is 838. The van der Waals surface area contributed by atoms with E-state index in [1.54, 1.807) is 18.0 Å². The van der Waals surface area contributed by atoms with E-state index in [0.717, 1.165) is 17.5 Å². The van der Waals surface area contributed by atoms with Crippen LogP contribution in [0.2, 0.25) is 0 Å². The molecule has 3 rings (SSSR count). The van der Waals surface area contributed by atoms with Gasteiger partial charge in [0.15, 0.2) is 0 Å². The van der Waals surface area contributed by atoms with Crippen molar-refractivity contribution in [1.29, 1.82) is 0 Å². The smallest absolute Gasteiger partial charge is 0.406 e. The number of benzene rings is 2. The highest BCUT2D eigenvalue weighted by atomic mass is 19.4. The summed E-state index contributed by atoms with van der Waals surface area (Å²) in [6, 6.07) is 11.0. The molecule has 1 atom stereocenters. The average molecular weight is 394 g/mol. The number of aliphatic hydroxyl groups is 1. The lowest BCUT2D eigenvalue weighted by atomic mass is 9.88. The molecular weight excluding hydrogens is 373 g/mol. The number of amides is 1. The molecule has 0 heterocycles. The minimum absolute atomic E-state index is 0.0195. The summed E-state index contributed by atoms with van der Waals surface area (Å²) < 4.78 is 40.5. The number of alkyl halides is 3. The number of anilines is 2. The van der Waals surface area contributed by atoms with Gasteiger partial charge in [-0.1, -0.05) is 12.1 Å². The molecule has 1 unspecified atom stereocenters. The molecule has 150 valence electrons. The molecule has 0 radical (unpaired) electrons. The summed E-state index contributed by atoms with van der Waals surface area (Å²) in [6.07, 6.45) is -3.17. The van der Waals surface area contributed by atoms with Crippen LogP contribution in [0.3, 0.4) is 0 Å². The van der Waals surface area contributed by atoms with Crippen LogP contribution in [0.4, 0.5) is 24.5 Å². The number of aryl methyl sites for hydroxylation is 1. The van der Waals surface area contributed by atoms with Crippen molar-refractivity contribution >= 4 is 17.3 Å². The first-order valence-electron chi connectivity index (χ1n) is 8.87. The summed E-state index contributed by atoms with van der Waals surface area (Å²) in [5, 5.41) is 12.8. The van der Waals surface area contributed by atoms with Gasteiger partial charge >= 0.3 is 6.36 Å². The van der Waals surface area contributed by atoms with Crippen LogP contribution in [0.15, 0.2) is 42.5 Å². The third-order valence-electron chi connectivity index (χ3n) is 4.63. The van der Waals surface area contributed by atoms with Crippen LogP contribution in [0, 0.1) is 0 Å². The number of hydrogen-bond acceptors (Lipinski definition) is 4. The number of hydrogen-bond donors (Lipinski definition) is 2. The topological polar surface area (TPSA) is 61.8 Å². The van der Waals surface area contributed by atoms with Crippen molar-refractivity contribution in [2.75, 3.05) is 23.8 Å². The number of nitrogens with zero attached hydrogens (tertiary/aromatic N) is 1. The fraction of sp³-hybridized carbons (Fsp3) is 0.350. The van der Waals surface area contributed by atoms with Gasteiger partial charge in [0.2, 0.25) is 5.91 Å². The lowest BCUT2D eigenvalue weighted by molar-refractivity contribution is -0.274. The Labute approximate surface area is 160 Å². The monoisotopic (exact) mass is 394 g/mol. The summed E-state index contributed by atoms with van der Waals surface area (Å²) in [4.78, 5) is 14.1. The quantitative estimate of drug-likeness (QED) is 0.815. The van der Waals surface area contributed by atoms with Gasteiger partial charge in [0.1, 0.15) is 5.75 Å². The standard InChI is InChI=1S/C20H21F3N2O3/c1-25(14-6-9-16(10-7-14)28-20(21,22)23)12-19(27)24-18-4-2-3-13-5-8-15(26)11-17(13)18/h2-4,6-7,9-10,15,26H,5,8,11-12H2,1H3,(H,24,27). The first-order valence-corrected chi connectivity index (χ1v) is 8.87. The number of rotatable bonds is 5. The van der Waals surface area contributed by atoms with Gasteiger partial charge in [-0.2, -0.15) is 0 Å². The minimum atomic E-state index is -4.74. The van der Waals surface area contributed by atoms with Crippen LogP contribution < -0.4 is 15.0 Å². The Balaban J connectivity index is 1.62. The van der Waals surface area contributed by atoms with E-state index in [4.69, 9.17) is 0 Å². The zero-order valence-electron chi connectivity index (χ0n) is 15.3. The van der Waals surface area contributed by atoms with Crippen LogP contribution in [0.5, 0.6) is 5.75 Å². The lowest BCUT2D eigenvalue weighted by Gasteiger charge is -2.24. The van der Waals surface area contributed by atoms with Gasteiger partial charge in [0.25, 0.3) is 0 Å². The Kier molecular flexibility index (Phi) is 5.79. The Morgan fingerprint density at radius 2 is 1.96 bits per heavy atom. The third kappa shape index (κ3) is 5.16. The number of ether oxygens (including phenoxy) is 1. The second-order valence-corrected chi connectivity index (χ2v) is 6.79. The highest BCUT2D eigenvalue weighted by Crippen LogP contribution is 2.28. The number of likely N-dealkylation sites (N-methyl/N-ethyl adjacent to an activating group) is 1. The summed E-state index contributed by atoms with van der Waals surface area (Å²) in [5.41, 5.74) is 3.33. The van der Waals surface area contributed by atoms with Crippen molar-refractivity contribution in [2.45, 2.75) is 31.7 Å². The van der Waals surface area contributed by atoms with Crippen molar-refractivity contribution in [2.24, 2.45) is 0 Å². The summed E-state index contributed by atoms with van der Waals surface area (Å²) in [6.45, 7) is 0.0195. The van der Waals surface area contributed by atoms with Crippen molar-refractivity contribution in [3.63, 3.8) is 0 Å². The van der Waals surface area contributed by atoms with Crippen molar-refractivity contribution < 1.29 is 27.8 Å². The highest BCUT2D eigenvalue weighted by Gasteiger charge is 2.31. The molecule has 0 fully saturated rings. The molecule has 5 nitrogen and oxygen atoms in total. The molecule has 28 heavy (non-hydrogen) atoms. The van der Waals surface area contributed by atoms with E-state index in [0.29, 0.717) is 24.2 Å². The van der Waals surface area contributed by atoms with Crippen molar-refractivity contribution in [3.05, 3.63) is 53.6 Å². The molecular formula is C20H21F3N2O3. The molecule has 1 aliphatic carbocycles. The van der Waals surface area contributed by atoms with Gasteiger partial charge in [-0.15, -0.1) is 13.2 Å². The number of carbonyl (C=O) groups is 1. The molecule has 0 aromatic heterocycles. The predicted octanol–water partition coefficient (Wildman–Crippen LogP) is 3.51. The Hall–Kier alpha value is -2.74. The molecule has 2 aromatic carbocycles. The average Bonchev–Trinajstić information content (AvgIpc) is 2.61. The van der Waals surface area contributed by atoms with Gasteiger partial charge in [-0.05, 0) is 54.3 Å². The van der Waals surface area contributed by atoms with Gasteiger partial charge in [-0.25, -0.2) is 0 Å². The van der Waals surface area contributed by atoms with Crippen LogP contribution >= 0.6 is 0 Å². The maximum absolute atomic E-state index is 12.4. The molecule has 0 saturated carbocycles. The van der Waals surface area contributed by atoms with Crippen molar-refractivity contribution in [1.82, 2.24) is 0 Å². The van der Waals surface area contributed by atoms with Crippen LogP contribution in [-0.2, 0) is 17.6 Å². The molecule has 0 spiro atoms. The van der Waals surface area contributed by atoms with Crippen LogP contribution in [-0.4, -0.2) is 37.1 Å². The molecule has 0 bridgehead atoms. The number of fused-ring (bicyclic) bond motifs is 1. The molecule has 8 heteroatoms. The molecule has 1 aliphatic rings. The number of nitrogens with one attached hydrogen (secondary N) is 1. The maximum Gasteiger partial charge on any atom is 0.573 e. The number of aliphatic hydroxyl groups excluding tert-OH is 1. The summed E-state index contributed by atoms with van der Waals surface area (Å²) in [5.74, 6) is -0.574. The van der Waals surface area contributed by atoms with Gasteiger partial charge in [0.05, 0.1) is 12.6 Å². The maximum atomic E-state index is 12.4. The molecule has 2 aromatic rings. The normalized spacial score (nSPS) is 16.2. The molecule has 2 N–H and O–H groups in total. The Morgan fingerprint density at radius 1 is 1.25 bits per heavy atom. The summed E-state index contributed by atoms with van der Waals surface area (Å²) in [7, 11) is 1.67. The van der Waals surface area contributed by atoms with E-state index in [2.05, 4.69) is 10.1 Å². The molecule has 1 amide bonds. The van der Waals surface area contributed by atoms with Gasteiger partial charge in [-0.3, -0.25) is 4.79 Å². The van der Waals surface area contributed by atoms with Gasteiger partial charge < -0.3 is 20.1 Å². The van der Waals surface area contributed by atoms with Crippen molar-refractivity contribution in [3.8, 4) is 5.75 Å². The van der Waals surface area contributed by atoms with Gasteiger partial charge in [0, 0.05) is 24.8 Å². The van der Waals surface area contributed by atoms with E-state index >= 15 is 0 Å². The van der Waals surface area contributed by atoms with E-state index < -0.39 is 12.5 Å². The summed E-state index contributed by atoms with van der Waals surface area (Å²) >= 11 is 0. The SMILES string of the molecule is CN(CC(=O)Nc1cccc2c1CC(O)CC2)c1ccc(OC(F)(F)F)cc1. The zero-order valence-corrected chi connectivity index (χ0v) is 15.3. The second kappa shape index (κ2) is 8.10. The fourth-order valence-corrected chi connectivity index (χ4v) is 3.29. The van der Waals surface area contributed by atoms with Crippen LogP contribution in [0.1, 0.15) is 17.5 Å². The largest absolute Gasteiger partial charge is 0.573 e. The first-order chi connectivity index (χ1) is 13.2. The van der Waals surface area contributed by atoms with E-state index in [9.17, 15) is 23.1 Å². The number of halogens is 3. The van der Waals surface area contributed by atoms with Crippen LogP contribution in [0.25, 0.3) is 0 Å². The fourth-order valence-electron chi connectivity index (χ4n) is 3.29. The predicted molar refractivity (Wildman–Crippen MR) is 99.5 cm³/mol. The van der Waals surface area contributed by atoms with E-state index in [-0.39, 0.29) is 18.2 Å². The first kappa shape index (κ1) is 20.0. The zero-order chi connectivity index (χ0) is 20.3. The number of carbonyl (C=O) groups excluding carboxylic acids is 1. The minimum Gasteiger partial charge on any atom is -0.406 e.